The van der Waals surface area contributed by atoms with E-state index in [-0.39, 0.29) is 12.1 Å². The van der Waals surface area contributed by atoms with E-state index in [9.17, 15) is 5.11 Å². The van der Waals surface area contributed by atoms with Crippen molar-refractivity contribution in [2.45, 2.75) is 77.9 Å². The number of rotatable bonds is 8. The maximum Gasteiger partial charge on any atom is 0.0611 e. The first-order valence-electron chi connectivity index (χ1n) is 8.05. The average molecular weight is 270 g/mol. The summed E-state index contributed by atoms with van der Waals surface area (Å²) < 4.78 is 0. The molecule has 0 aromatic carbocycles. The van der Waals surface area contributed by atoms with Crippen LogP contribution in [0, 0.1) is 5.92 Å². The van der Waals surface area contributed by atoms with Crippen molar-refractivity contribution in [2.24, 2.45) is 5.92 Å². The van der Waals surface area contributed by atoms with Crippen LogP contribution in [0.1, 0.15) is 60.3 Å². The molecule has 1 rings (SSSR count). The number of aliphatic hydroxyl groups is 1. The van der Waals surface area contributed by atoms with Gasteiger partial charge in [0.25, 0.3) is 0 Å². The molecule has 3 atom stereocenters. The molecular weight excluding hydrogens is 236 g/mol. The molecule has 3 heteroatoms. The molecule has 0 aliphatic carbocycles. The third-order valence-corrected chi connectivity index (χ3v) is 4.57. The molecule has 0 aromatic heterocycles. The second-order valence-corrected chi connectivity index (χ2v) is 6.89. The Bertz CT molecular complexity index is 257. The molecule has 0 bridgehead atoms. The van der Waals surface area contributed by atoms with Gasteiger partial charge in [-0.15, -0.1) is 0 Å². The van der Waals surface area contributed by atoms with Gasteiger partial charge < -0.3 is 10.4 Å². The van der Waals surface area contributed by atoms with Gasteiger partial charge in [0.15, 0.2) is 0 Å². The first-order valence-corrected chi connectivity index (χ1v) is 8.05. The van der Waals surface area contributed by atoms with Crippen molar-refractivity contribution in [3.8, 4) is 0 Å². The van der Waals surface area contributed by atoms with Crippen LogP contribution in [0.5, 0.6) is 0 Å². The van der Waals surface area contributed by atoms with Gasteiger partial charge in [-0.3, -0.25) is 4.90 Å². The number of nitrogens with one attached hydrogen (secondary N) is 1. The van der Waals surface area contributed by atoms with Crippen molar-refractivity contribution in [3.05, 3.63) is 0 Å². The van der Waals surface area contributed by atoms with E-state index in [1.807, 2.05) is 0 Å². The second kappa shape index (κ2) is 7.61. The van der Waals surface area contributed by atoms with Crippen LogP contribution in [-0.2, 0) is 0 Å². The molecule has 3 unspecified atom stereocenters. The molecule has 0 spiro atoms. The highest BCUT2D eigenvalue weighted by molar-refractivity contribution is 4.91. The fourth-order valence-corrected chi connectivity index (χ4v) is 3.47. The van der Waals surface area contributed by atoms with Crippen LogP contribution in [0.15, 0.2) is 0 Å². The van der Waals surface area contributed by atoms with Crippen molar-refractivity contribution in [2.75, 3.05) is 19.7 Å². The Kier molecular flexibility index (Phi) is 6.78. The van der Waals surface area contributed by atoms with Crippen LogP contribution in [0.3, 0.4) is 0 Å². The minimum Gasteiger partial charge on any atom is -0.394 e. The predicted molar refractivity (Wildman–Crippen MR) is 82.4 cm³/mol. The molecule has 1 saturated heterocycles. The first-order chi connectivity index (χ1) is 8.93. The molecule has 0 aromatic rings. The first kappa shape index (κ1) is 16.9. The normalized spacial score (nSPS) is 25.7. The summed E-state index contributed by atoms with van der Waals surface area (Å²) in [5.74, 6) is 0.730. The van der Waals surface area contributed by atoms with Gasteiger partial charge >= 0.3 is 0 Å². The summed E-state index contributed by atoms with van der Waals surface area (Å²) in [5.41, 5.74) is -0.139. The lowest BCUT2D eigenvalue weighted by Gasteiger charge is -2.39. The van der Waals surface area contributed by atoms with Crippen LogP contribution in [0.4, 0.5) is 0 Å². The van der Waals surface area contributed by atoms with Gasteiger partial charge in [0.2, 0.25) is 0 Å². The Labute approximate surface area is 119 Å². The summed E-state index contributed by atoms with van der Waals surface area (Å²) in [4.78, 5) is 2.66. The smallest absolute Gasteiger partial charge is 0.0611 e. The maximum atomic E-state index is 9.70. The van der Waals surface area contributed by atoms with Crippen molar-refractivity contribution >= 4 is 0 Å². The third kappa shape index (κ3) is 4.73. The van der Waals surface area contributed by atoms with Gasteiger partial charge in [-0.05, 0) is 58.5 Å². The highest BCUT2D eigenvalue weighted by Crippen LogP contribution is 2.28. The molecule has 2 N–H and O–H groups in total. The molecule has 1 aliphatic heterocycles. The average Bonchev–Trinajstić information content (AvgIpc) is 2.85. The molecule has 1 heterocycles. The van der Waals surface area contributed by atoms with E-state index in [1.165, 1.54) is 19.4 Å². The van der Waals surface area contributed by atoms with Gasteiger partial charge in [0.1, 0.15) is 0 Å². The van der Waals surface area contributed by atoms with Crippen molar-refractivity contribution in [1.82, 2.24) is 10.2 Å². The van der Waals surface area contributed by atoms with Crippen LogP contribution < -0.4 is 5.32 Å². The van der Waals surface area contributed by atoms with Crippen molar-refractivity contribution in [1.29, 1.82) is 0 Å². The summed E-state index contributed by atoms with van der Waals surface area (Å²) in [6.07, 6.45) is 4.79. The van der Waals surface area contributed by atoms with Gasteiger partial charge in [0.05, 0.1) is 6.61 Å². The van der Waals surface area contributed by atoms with E-state index in [4.69, 9.17) is 0 Å². The lowest BCUT2D eigenvalue weighted by molar-refractivity contribution is 0.0950. The molecule has 19 heavy (non-hydrogen) atoms. The SMILES string of the molecule is CCCNC(C)(CO)CC(C)N1CCCC1C(C)C. The Hall–Kier alpha value is -0.120. The van der Waals surface area contributed by atoms with E-state index in [0.29, 0.717) is 6.04 Å². The molecule has 1 fully saturated rings. The van der Waals surface area contributed by atoms with Gasteiger partial charge in [-0.2, -0.15) is 0 Å². The van der Waals surface area contributed by atoms with E-state index in [1.54, 1.807) is 0 Å². The number of hydrogen-bond donors (Lipinski definition) is 2. The largest absolute Gasteiger partial charge is 0.394 e. The lowest BCUT2D eigenvalue weighted by atomic mass is 9.92. The number of hydrogen-bond acceptors (Lipinski definition) is 3. The standard InChI is InChI=1S/C16H34N2O/c1-6-9-17-16(5,12-19)11-14(4)18-10-7-8-15(18)13(2)3/h13-15,17,19H,6-12H2,1-5H3. The fourth-order valence-electron chi connectivity index (χ4n) is 3.47. The van der Waals surface area contributed by atoms with Crippen LogP contribution in [0.2, 0.25) is 0 Å². The highest BCUT2D eigenvalue weighted by Gasteiger charge is 2.34. The summed E-state index contributed by atoms with van der Waals surface area (Å²) >= 11 is 0. The predicted octanol–water partition coefficient (Wildman–Crippen LogP) is 2.64. The Balaban J connectivity index is 2.58. The summed E-state index contributed by atoms with van der Waals surface area (Å²) in [7, 11) is 0. The van der Waals surface area contributed by atoms with Crippen molar-refractivity contribution < 1.29 is 5.11 Å². The summed E-state index contributed by atoms with van der Waals surface area (Å²) in [6.45, 7) is 13.7. The quantitative estimate of drug-likeness (QED) is 0.712. The van der Waals surface area contributed by atoms with Crippen LogP contribution in [-0.4, -0.2) is 47.3 Å². The van der Waals surface area contributed by atoms with Crippen molar-refractivity contribution in [3.63, 3.8) is 0 Å². The van der Waals surface area contributed by atoms with E-state index >= 15 is 0 Å². The van der Waals surface area contributed by atoms with E-state index in [0.717, 1.165) is 31.3 Å². The fraction of sp³-hybridized carbons (Fsp3) is 1.00. The second-order valence-electron chi connectivity index (χ2n) is 6.89. The Morgan fingerprint density at radius 3 is 2.58 bits per heavy atom. The zero-order valence-corrected chi connectivity index (χ0v) is 13.6. The van der Waals surface area contributed by atoms with E-state index in [2.05, 4.69) is 44.8 Å². The number of likely N-dealkylation sites (tertiary alicyclic amines) is 1. The Morgan fingerprint density at radius 1 is 1.37 bits per heavy atom. The molecular formula is C16H34N2O. The summed E-state index contributed by atoms with van der Waals surface area (Å²) in [6, 6.07) is 1.26. The van der Waals surface area contributed by atoms with Gasteiger partial charge in [-0.25, -0.2) is 0 Å². The molecule has 0 amide bonds. The van der Waals surface area contributed by atoms with E-state index < -0.39 is 0 Å². The third-order valence-electron chi connectivity index (χ3n) is 4.57. The van der Waals surface area contributed by atoms with Gasteiger partial charge in [0, 0.05) is 17.6 Å². The van der Waals surface area contributed by atoms with Crippen LogP contribution >= 0.6 is 0 Å². The molecule has 114 valence electrons. The number of aliphatic hydroxyl groups excluding tert-OH is 1. The molecule has 3 nitrogen and oxygen atoms in total. The highest BCUT2D eigenvalue weighted by atomic mass is 16.3. The molecule has 0 saturated carbocycles. The number of nitrogens with zero attached hydrogens (tertiary/aromatic N) is 1. The zero-order chi connectivity index (χ0) is 14.5. The topological polar surface area (TPSA) is 35.5 Å². The zero-order valence-electron chi connectivity index (χ0n) is 13.6. The molecule has 1 aliphatic rings. The van der Waals surface area contributed by atoms with Gasteiger partial charge in [-0.1, -0.05) is 20.8 Å². The summed E-state index contributed by atoms with van der Waals surface area (Å²) in [5, 5.41) is 13.2. The van der Waals surface area contributed by atoms with Crippen LogP contribution in [0.25, 0.3) is 0 Å². The monoisotopic (exact) mass is 270 g/mol. The maximum absolute atomic E-state index is 9.70. The minimum atomic E-state index is -0.139. The minimum absolute atomic E-state index is 0.139. The molecule has 0 radical (unpaired) electrons. The lowest BCUT2D eigenvalue weighted by Crippen LogP contribution is -2.52. The Morgan fingerprint density at radius 2 is 2.05 bits per heavy atom.